The Bertz CT molecular complexity index is 2000. The normalized spacial score (nSPS) is 19.2. The summed E-state index contributed by atoms with van der Waals surface area (Å²) < 4.78 is 37.6. The van der Waals surface area contributed by atoms with E-state index in [0.29, 0.717) is 31.9 Å². The minimum absolute atomic E-state index is 0.104. The van der Waals surface area contributed by atoms with Gasteiger partial charge in [0.15, 0.2) is 5.65 Å². The lowest BCUT2D eigenvalue weighted by Gasteiger charge is -2.32. The number of hydrogen-bond acceptors (Lipinski definition) is 6. The number of rotatable bonds is 8. The highest BCUT2D eigenvalue weighted by atomic mass is 19.3. The van der Waals surface area contributed by atoms with E-state index in [0.717, 1.165) is 51.7 Å². The zero-order valence-electron chi connectivity index (χ0n) is 29.9. The van der Waals surface area contributed by atoms with Crippen molar-refractivity contribution in [1.82, 2.24) is 34.6 Å². The zero-order valence-corrected chi connectivity index (χ0v) is 29.9. The molecule has 1 saturated heterocycles. The van der Waals surface area contributed by atoms with Crippen LogP contribution in [0.25, 0.3) is 11.3 Å². The number of hydrogen-bond donors (Lipinski definition) is 2. The lowest BCUT2D eigenvalue weighted by molar-refractivity contribution is -0.0566. The molecule has 7 rings (SSSR count). The summed E-state index contributed by atoms with van der Waals surface area (Å²) in [5.74, 6) is -0.169. The van der Waals surface area contributed by atoms with Crippen LogP contribution in [-0.4, -0.2) is 54.3 Å². The first-order valence-electron chi connectivity index (χ1n) is 17.8. The highest BCUT2D eigenvalue weighted by Gasteiger charge is 2.34. The van der Waals surface area contributed by atoms with Crippen molar-refractivity contribution in [3.05, 3.63) is 101 Å². The Hall–Kier alpha value is -4.84. The molecule has 2 aliphatic rings. The van der Waals surface area contributed by atoms with Crippen LogP contribution >= 0.6 is 0 Å². The van der Waals surface area contributed by atoms with E-state index < -0.39 is 5.92 Å². The molecule has 268 valence electrons. The average molecular weight is 697 g/mol. The molecular weight excluding hydrogens is 650 g/mol. The minimum Gasteiger partial charge on any atom is -0.484 e. The van der Waals surface area contributed by atoms with Crippen molar-refractivity contribution >= 4 is 17.5 Å². The molecule has 2 amide bonds. The van der Waals surface area contributed by atoms with Crippen molar-refractivity contribution in [2.75, 3.05) is 18.4 Å². The Morgan fingerprint density at radius 3 is 2.41 bits per heavy atom. The van der Waals surface area contributed by atoms with Crippen molar-refractivity contribution in [2.45, 2.75) is 96.2 Å². The Morgan fingerprint density at radius 1 is 0.980 bits per heavy atom. The van der Waals surface area contributed by atoms with Crippen LogP contribution in [0.2, 0.25) is 0 Å². The lowest BCUT2D eigenvalue weighted by atomic mass is 9.85. The van der Waals surface area contributed by atoms with Gasteiger partial charge in [0.05, 0.1) is 23.6 Å². The van der Waals surface area contributed by atoms with Gasteiger partial charge >= 0.3 is 6.03 Å². The summed E-state index contributed by atoms with van der Waals surface area (Å²) >= 11 is 0. The summed E-state index contributed by atoms with van der Waals surface area (Å²) in [6.07, 6.45) is 2.99. The van der Waals surface area contributed by atoms with Gasteiger partial charge in [-0.1, -0.05) is 71.0 Å². The van der Waals surface area contributed by atoms with Gasteiger partial charge in [0.25, 0.3) is 5.92 Å². The van der Waals surface area contributed by atoms with E-state index in [1.165, 1.54) is 0 Å². The number of carbonyl (C=O) groups excluding carboxylic acids is 1. The number of halogens is 2. The smallest absolute Gasteiger partial charge is 0.320 e. The van der Waals surface area contributed by atoms with Gasteiger partial charge < -0.3 is 10.1 Å². The van der Waals surface area contributed by atoms with E-state index in [9.17, 15) is 13.6 Å². The van der Waals surface area contributed by atoms with E-state index in [4.69, 9.17) is 9.84 Å². The molecule has 12 heteroatoms. The third-order valence-electron chi connectivity index (χ3n) is 9.83. The maximum Gasteiger partial charge on any atom is 0.320 e. The standard InChI is InChI=1S/C39H46F2N8O2/c1-25(2)36-45-44-34-17-14-28(24-48(34)36)51-32-16-15-31(29-8-6-7-9-30(29)32)42-37(50)43-35-22-33(38(3,4)5)46-49(35)27-12-10-26(11-13-27)23-47-20-18-39(40,41)19-21-47/h6-14,17,22,24-25,31-32H,15-16,18-21,23H2,1-5H3,(H2,42,43,50)/t31-,32+/m0/s1. The molecule has 0 saturated carbocycles. The SMILES string of the molecule is CC(C)c1nnc2ccc(O[C@@H]3CC[C@H](NC(=O)Nc4cc(C(C)(C)C)nn4-c4ccc(CN5CCC(F)(F)CC5)cc4)c4ccccc43)cn12. The van der Waals surface area contributed by atoms with Crippen LogP contribution in [-0.2, 0) is 12.0 Å². The number of pyridine rings is 1. The molecule has 2 aromatic carbocycles. The molecule has 1 fully saturated rings. The van der Waals surface area contributed by atoms with Gasteiger partial charge in [-0.15, -0.1) is 10.2 Å². The number of fused-ring (bicyclic) bond motifs is 2. The van der Waals surface area contributed by atoms with Crippen LogP contribution in [0.4, 0.5) is 19.4 Å². The molecule has 51 heavy (non-hydrogen) atoms. The number of likely N-dealkylation sites (tertiary alicyclic amines) is 1. The quantitative estimate of drug-likeness (QED) is 0.169. The number of nitrogens with one attached hydrogen (secondary N) is 2. The second-order valence-electron chi connectivity index (χ2n) is 15.1. The van der Waals surface area contributed by atoms with Crippen molar-refractivity contribution < 1.29 is 18.3 Å². The van der Waals surface area contributed by atoms with E-state index in [1.54, 1.807) is 4.68 Å². The fourth-order valence-corrected chi connectivity index (χ4v) is 6.92. The molecule has 4 heterocycles. The van der Waals surface area contributed by atoms with Crippen molar-refractivity contribution in [1.29, 1.82) is 0 Å². The average Bonchev–Trinajstić information content (AvgIpc) is 3.72. The van der Waals surface area contributed by atoms with Crippen molar-refractivity contribution in [2.24, 2.45) is 0 Å². The molecule has 0 bridgehead atoms. The maximum atomic E-state index is 13.6. The van der Waals surface area contributed by atoms with Gasteiger partial charge in [-0.05, 0) is 53.8 Å². The number of urea groups is 1. The van der Waals surface area contributed by atoms with Crippen LogP contribution in [0.5, 0.6) is 5.75 Å². The van der Waals surface area contributed by atoms with Gasteiger partial charge in [0.1, 0.15) is 23.5 Å². The number of piperidine rings is 1. The molecule has 2 atom stereocenters. The molecule has 1 aliphatic carbocycles. The van der Waals surface area contributed by atoms with Gasteiger partial charge in [0, 0.05) is 49.9 Å². The summed E-state index contributed by atoms with van der Waals surface area (Å²) in [4.78, 5) is 15.7. The number of alkyl halides is 2. The third-order valence-corrected chi connectivity index (χ3v) is 9.83. The van der Waals surface area contributed by atoms with Crippen molar-refractivity contribution in [3.8, 4) is 11.4 Å². The van der Waals surface area contributed by atoms with Gasteiger partial charge in [-0.3, -0.25) is 14.6 Å². The van der Waals surface area contributed by atoms with E-state index in [-0.39, 0.29) is 42.4 Å². The molecule has 0 unspecified atom stereocenters. The van der Waals surface area contributed by atoms with Crippen LogP contribution in [0.1, 0.15) is 107 Å². The largest absolute Gasteiger partial charge is 0.484 e. The first kappa shape index (κ1) is 34.6. The predicted octanol–water partition coefficient (Wildman–Crippen LogP) is 8.34. The lowest BCUT2D eigenvalue weighted by Crippen LogP contribution is -2.38. The second kappa shape index (κ2) is 13.7. The van der Waals surface area contributed by atoms with Crippen LogP contribution in [0.3, 0.4) is 0 Å². The predicted molar refractivity (Wildman–Crippen MR) is 193 cm³/mol. The molecular formula is C39H46F2N8O2. The summed E-state index contributed by atoms with van der Waals surface area (Å²) in [5.41, 5.74) is 5.27. The van der Waals surface area contributed by atoms with Gasteiger partial charge in [0.2, 0.25) is 0 Å². The number of benzene rings is 2. The van der Waals surface area contributed by atoms with Crippen LogP contribution in [0, 0.1) is 0 Å². The number of anilines is 1. The first-order valence-corrected chi connectivity index (χ1v) is 17.8. The Morgan fingerprint density at radius 2 is 1.71 bits per heavy atom. The summed E-state index contributed by atoms with van der Waals surface area (Å²) in [6.45, 7) is 11.8. The number of amides is 2. The number of aromatic nitrogens is 5. The Kier molecular flexibility index (Phi) is 9.30. The van der Waals surface area contributed by atoms with E-state index >= 15 is 0 Å². The number of carbonyl (C=O) groups is 1. The maximum absolute atomic E-state index is 13.6. The number of ether oxygens (including phenoxy) is 1. The summed E-state index contributed by atoms with van der Waals surface area (Å²) in [7, 11) is 0. The highest BCUT2D eigenvalue weighted by Crippen LogP contribution is 2.39. The van der Waals surface area contributed by atoms with Gasteiger partial charge in [-0.25, -0.2) is 18.3 Å². The highest BCUT2D eigenvalue weighted by molar-refractivity contribution is 5.89. The van der Waals surface area contributed by atoms with Crippen LogP contribution < -0.4 is 15.4 Å². The zero-order chi connectivity index (χ0) is 35.9. The van der Waals surface area contributed by atoms with Gasteiger partial charge in [-0.2, -0.15) is 5.10 Å². The molecule has 10 nitrogen and oxygen atoms in total. The van der Waals surface area contributed by atoms with E-state index in [1.807, 2.05) is 65.2 Å². The Labute approximate surface area is 297 Å². The third kappa shape index (κ3) is 7.61. The minimum atomic E-state index is -2.56. The molecule has 2 N–H and O–H groups in total. The number of nitrogens with zero attached hydrogens (tertiary/aromatic N) is 6. The fourth-order valence-electron chi connectivity index (χ4n) is 6.92. The van der Waals surface area contributed by atoms with Crippen molar-refractivity contribution in [3.63, 3.8) is 0 Å². The van der Waals surface area contributed by atoms with Crippen LogP contribution in [0.15, 0.2) is 72.9 Å². The summed E-state index contributed by atoms with van der Waals surface area (Å²) in [6, 6.07) is 21.2. The Balaban J connectivity index is 1.05. The monoisotopic (exact) mass is 696 g/mol. The fraction of sp³-hybridized carbons (Fsp3) is 0.436. The molecule has 0 spiro atoms. The molecule has 1 aliphatic heterocycles. The second-order valence-corrected chi connectivity index (χ2v) is 15.1. The molecule has 5 aromatic rings. The molecule has 0 radical (unpaired) electrons. The van der Waals surface area contributed by atoms with E-state index in [2.05, 4.69) is 72.5 Å². The topological polar surface area (TPSA) is 102 Å². The first-order chi connectivity index (χ1) is 24.3. The summed E-state index contributed by atoms with van der Waals surface area (Å²) in [5, 5.41) is 19.8. The molecule has 3 aromatic heterocycles.